The second-order valence-corrected chi connectivity index (χ2v) is 11.0. The molecule has 0 aliphatic carbocycles. The average molecular weight is 414 g/mol. The van der Waals surface area contributed by atoms with E-state index in [-0.39, 0.29) is 35.7 Å². The van der Waals surface area contributed by atoms with Crippen LogP contribution < -0.4 is 0 Å². The quantitative estimate of drug-likeness (QED) is 0.771. The van der Waals surface area contributed by atoms with Gasteiger partial charge in [0.2, 0.25) is 10.0 Å². The predicted octanol–water partition coefficient (Wildman–Crippen LogP) is 3.28. The molecule has 0 unspecified atom stereocenters. The molecule has 1 aliphatic rings. The molecule has 1 fully saturated rings. The first-order valence-corrected chi connectivity index (χ1v) is 11.6. The van der Waals surface area contributed by atoms with Crippen molar-refractivity contribution in [1.29, 1.82) is 0 Å². The number of sulfone groups is 1. The van der Waals surface area contributed by atoms with Gasteiger partial charge >= 0.3 is 0 Å². The van der Waals surface area contributed by atoms with Gasteiger partial charge in [-0.1, -0.05) is 29.3 Å². The second kappa shape index (κ2) is 7.31. The molecule has 0 bridgehead atoms. The Labute approximate surface area is 159 Å². The van der Waals surface area contributed by atoms with Crippen molar-refractivity contribution >= 4 is 31.5 Å². The van der Waals surface area contributed by atoms with E-state index >= 15 is 0 Å². The topological polar surface area (TPSA) is 71.5 Å². The fourth-order valence-electron chi connectivity index (χ4n) is 3.06. The van der Waals surface area contributed by atoms with E-state index in [1.807, 2.05) is 6.92 Å². The normalized spacial score (nSPS) is 17.3. The van der Waals surface area contributed by atoms with Crippen LogP contribution in [0.2, 0.25) is 5.02 Å². The van der Waals surface area contributed by atoms with Crippen molar-refractivity contribution in [2.24, 2.45) is 0 Å². The molecule has 1 saturated heterocycles. The summed E-state index contributed by atoms with van der Waals surface area (Å²) in [6.07, 6.45) is 0.548. The van der Waals surface area contributed by atoms with E-state index in [2.05, 4.69) is 0 Å². The fourth-order valence-corrected chi connectivity index (χ4v) is 6.39. The molecule has 2 aromatic rings. The number of benzene rings is 2. The molecule has 0 saturated carbocycles. The number of piperidine rings is 1. The lowest BCUT2D eigenvalue weighted by Gasteiger charge is -2.31. The summed E-state index contributed by atoms with van der Waals surface area (Å²) in [5.41, 5.74) is 0.983. The van der Waals surface area contributed by atoms with Crippen molar-refractivity contribution in [2.75, 3.05) is 13.1 Å². The number of hydrogen-bond donors (Lipinski definition) is 0. The number of hydrogen-bond acceptors (Lipinski definition) is 4. The van der Waals surface area contributed by atoms with Gasteiger partial charge in [0.25, 0.3) is 0 Å². The van der Waals surface area contributed by atoms with E-state index in [1.165, 1.54) is 16.4 Å². The van der Waals surface area contributed by atoms with Gasteiger partial charge in [0.15, 0.2) is 9.84 Å². The first-order valence-electron chi connectivity index (χ1n) is 8.27. The minimum Gasteiger partial charge on any atom is -0.223 e. The third-order valence-corrected chi connectivity index (χ3v) is 9.08. The van der Waals surface area contributed by atoms with Gasteiger partial charge in [-0.2, -0.15) is 4.31 Å². The van der Waals surface area contributed by atoms with Gasteiger partial charge in [0.1, 0.15) is 0 Å². The molecular formula is C18H20ClNO4S2. The summed E-state index contributed by atoms with van der Waals surface area (Å²) in [7, 11) is -7.10. The monoisotopic (exact) mass is 413 g/mol. The van der Waals surface area contributed by atoms with E-state index in [0.717, 1.165) is 5.56 Å². The third kappa shape index (κ3) is 3.81. The Morgan fingerprint density at radius 3 is 1.88 bits per heavy atom. The highest BCUT2D eigenvalue weighted by atomic mass is 35.5. The van der Waals surface area contributed by atoms with E-state index in [4.69, 9.17) is 11.6 Å². The summed E-state index contributed by atoms with van der Waals surface area (Å²) in [6.45, 7) is 2.27. The maximum Gasteiger partial charge on any atom is 0.243 e. The highest BCUT2D eigenvalue weighted by molar-refractivity contribution is 7.92. The fraction of sp³-hybridized carbons (Fsp3) is 0.333. The van der Waals surface area contributed by atoms with Crippen LogP contribution in [0.4, 0.5) is 0 Å². The molecule has 8 heteroatoms. The summed E-state index contributed by atoms with van der Waals surface area (Å²) >= 11 is 5.82. The first kappa shape index (κ1) is 19.4. The number of sulfonamides is 1. The van der Waals surface area contributed by atoms with Gasteiger partial charge in [-0.15, -0.1) is 0 Å². The summed E-state index contributed by atoms with van der Waals surface area (Å²) in [4.78, 5) is 0.462. The highest BCUT2D eigenvalue weighted by Gasteiger charge is 2.35. The van der Waals surface area contributed by atoms with Crippen molar-refractivity contribution in [1.82, 2.24) is 4.31 Å². The van der Waals surface area contributed by atoms with E-state index in [0.29, 0.717) is 5.02 Å². The van der Waals surface area contributed by atoms with Gasteiger partial charge in [-0.3, -0.25) is 0 Å². The van der Waals surface area contributed by atoms with Crippen LogP contribution in [0.5, 0.6) is 0 Å². The van der Waals surface area contributed by atoms with Crippen LogP contribution >= 0.6 is 11.6 Å². The Bertz CT molecular complexity index is 893. The van der Waals surface area contributed by atoms with Crippen LogP contribution in [0.25, 0.3) is 0 Å². The Morgan fingerprint density at radius 2 is 1.35 bits per heavy atom. The summed E-state index contributed by atoms with van der Waals surface area (Å²) in [5, 5.41) is -0.115. The lowest BCUT2D eigenvalue weighted by Crippen LogP contribution is -2.42. The zero-order valence-corrected chi connectivity index (χ0v) is 16.7. The minimum absolute atomic E-state index is 0.188. The maximum absolute atomic E-state index is 12.8. The number of rotatable bonds is 4. The largest absolute Gasteiger partial charge is 0.243 e. The van der Waals surface area contributed by atoms with E-state index < -0.39 is 25.1 Å². The standard InChI is InChI=1S/C18H20ClNO4S2/c1-14-2-6-18(7-3-14)26(23,24)20-12-10-17(11-13-20)25(21,22)16-8-4-15(19)5-9-16/h2-9,17H,10-13H2,1H3. The van der Waals surface area contributed by atoms with Crippen LogP contribution in [0.15, 0.2) is 58.3 Å². The van der Waals surface area contributed by atoms with Crippen molar-refractivity contribution < 1.29 is 16.8 Å². The molecule has 0 atom stereocenters. The molecule has 1 aliphatic heterocycles. The molecule has 2 aromatic carbocycles. The molecule has 0 radical (unpaired) electrons. The third-order valence-electron chi connectivity index (χ3n) is 4.64. The molecule has 0 amide bonds. The molecule has 0 spiro atoms. The summed E-state index contributed by atoms with van der Waals surface area (Å²) in [6, 6.07) is 12.8. The average Bonchev–Trinajstić information content (AvgIpc) is 2.62. The van der Waals surface area contributed by atoms with Crippen LogP contribution in [0.3, 0.4) is 0 Å². The van der Waals surface area contributed by atoms with Crippen LogP contribution in [0, 0.1) is 6.92 Å². The minimum atomic E-state index is -3.60. The van der Waals surface area contributed by atoms with Gasteiger partial charge in [0, 0.05) is 18.1 Å². The maximum atomic E-state index is 12.8. The van der Waals surface area contributed by atoms with E-state index in [1.54, 1.807) is 36.4 Å². The predicted molar refractivity (Wildman–Crippen MR) is 102 cm³/mol. The van der Waals surface area contributed by atoms with E-state index in [9.17, 15) is 16.8 Å². The first-order chi connectivity index (χ1) is 12.2. The molecule has 3 rings (SSSR count). The SMILES string of the molecule is Cc1ccc(S(=O)(=O)N2CCC(S(=O)(=O)c3ccc(Cl)cc3)CC2)cc1. The molecule has 26 heavy (non-hydrogen) atoms. The summed E-state index contributed by atoms with van der Waals surface area (Å²) < 4.78 is 52.3. The Morgan fingerprint density at radius 1 is 0.846 bits per heavy atom. The smallest absolute Gasteiger partial charge is 0.223 e. The van der Waals surface area contributed by atoms with Gasteiger partial charge in [-0.05, 0) is 56.2 Å². The lowest BCUT2D eigenvalue weighted by molar-refractivity contribution is 0.345. The number of halogens is 1. The van der Waals surface area contributed by atoms with Crippen LogP contribution in [-0.4, -0.2) is 39.5 Å². The van der Waals surface area contributed by atoms with Gasteiger partial charge < -0.3 is 0 Å². The molecule has 0 aromatic heterocycles. The van der Waals surface area contributed by atoms with Crippen molar-refractivity contribution in [3.63, 3.8) is 0 Å². The Balaban J connectivity index is 1.74. The zero-order chi connectivity index (χ0) is 18.9. The van der Waals surface area contributed by atoms with Crippen molar-refractivity contribution in [3.8, 4) is 0 Å². The van der Waals surface area contributed by atoms with Crippen LogP contribution in [0.1, 0.15) is 18.4 Å². The molecular weight excluding hydrogens is 394 g/mol. The van der Waals surface area contributed by atoms with Crippen molar-refractivity contribution in [2.45, 2.75) is 34.8 Å². The lowest BCUT2D eigenvalue weighted by atomic mass is 10.2. The number of aryl methyl sites for hydroxylation is 1. The molecule has 140 valence electrons. The summed E-state index contributed by atoms with van der Waals surface area (Å²) in [5.74, 6) is 0. The zero-order valence-electron chi connectivity index (χ0n) is 14.3. The number of nitrogens with zero attached hydrogens (tertiary/aromatic N) is 1. The van der Waals surface area contributed by atoms with Gasteiger partial charge in [-0.25, -0.2) is 16.8 Å². The van der Waals surface area contributed by atoms with Crippen molar-refractivity contribution in [3.05, 3.63) is 59.1 Å². The molecule has 0 N–H and O–H groups in total. The Kier molecular flexibility index (Phi) is 5.44. The van der Waals surface area contributed by atoms with Gasteiger partial charge in [0.05, 0.1) is 15.0 Å². The second-order valence-electron chi connectivity index (χ2n) is 6.42. The van der Waals surface area contributed by atoms with Crippen LogP contribution in [-0.2, 0) is 19.9 Å². The molecule has 5 nitrogen and oxygen atoms in total. The molecule has 1 heterocycles. The highest BCUT2D eigenvalue weighted by Crippen LogP contribution is 2.28. The Hall–Kier alpha value is -1.41.